The zero-order valence-corrected chi connectivity index (χ0v) is 13.0. The van der Waals surface area contributed by atoms with E-state index in [0.717, 1.165) is 18.2 Å². The number of nitrogens with one attached hydrogen (secondary N) is 1. The summed E-state index contributed by atoms with van der Waals surface area (Å²) >= 11 is 0. The van der Waals surface area contributed by atoms with Crippen LogP contribution in [0.25, 0.3) is 0 Å². The molecular formula is C16H28N2O3. The Labute approximate surface area is 127 Å². The lowest BCUT2D eigenvalue weighted by atomic mass is 9.94. The minimum Gasteiger partial charge on any atom is -0.467 e. The van der Waals surface area contributed by atoms with Crippen molar-refractivity contribution in [3.63, 3.8) is 0 Å². The summed E-state index contributed by atoms with van der Waals surface area (Å²) in [6.45, 7) is 4.75. The summed E-state index contributed by atoms with van der Waals surface area (Å²) < 4.78 is 10.6. The molecule has 0 amide bonds. The first-order valence-corrected chi connectivity index (χ1v) is 7.91. The highest BCUT2D eigenvalue weighted by molar-refractivity contribution is 4.96. The Balaban J connectivity index is 1.44. The van der Waals surface area contributed by atoms with Crippen LogP contribution in [0.15, 0.2) is 22.8 Å². The van der Waals surface area contributed by atoms with Gasteiger partial charge in [0, 0.05) is 6.54 Å². The first-order chi connectivity index (χ1) is 10.2. The quantitative estimate of drug-likeness (QED) is 0.676. The van der Waals surface area contributed by atoms with Crippen LogP contribution in [0.5, 0.6) is 0 Å². The van der Waals surface area contributed by atoms with Gasteiger partial charge in [-0.05, 0) is 64.0 Å². The number of likely N-dealkylation sites (tertiary alicyclic amines) is 1. The lowest BCUT2D eigenvalue weighted by Crippen LogP contribution is -2.34. The topological polar surface area (TPSA) is 57.9 Å². The normalized spacial score (nSPS) is 19.0. The molecule has 2 rings (SSSR count). The summed E-state index contributed by atoms with van der Waals surface area (Å²) in [6, 6.07) is 3.70. The van der Waals surface area contributed by atoms with E-state index in [0.29, 0.717) is 19.8 Å². The predicted octanol–water partition coefficient (Wildman–Crippen LogP) is 1.48. The molecule has 0 spiro atoms. The van der Waals surface area contributed by atoms with Crippen LogP contribution < -0.4 is 5.32 Å². The molecule has 1 aliphatic heterocycles. The maximum Gasteiger partial charge on any atom is 0.129 e. The second-order valence-corrected chi connectivity index (χ2v) is 5.99. The van der Waals surface area contributed by atoms with E-state index >= 15 is 0 Å². The minimum atomic E-state index is -0.461. The third kappa shape index (κ3) is 6.61. The number of nitrogens with zero attached hydrogens (tertiary/aromatic N) is 1. The Morgan fingerprint density at radius 1 is 1.48 bits per heavy atom. The van der Waals surface area contributed by atoms with Crippen LogP contribution in [0.1, 0.15) is 25.0 Å². The molecule has 1 atom stereocenters. The summed E-state index contributed by atoms with van der Waals surface area (Å²) in [5, 5.41) is 13.1. The van der Waals surface area contributed by atoms with E-state index in [1.54, 1.807) is 6.26 Å². The van der Waals surface area contributed by atoms with Crippen LogP contribution >= 0.6 is 0 Å². The Hall–Kier alpha value is -0.880. The SMILES string of the molecule is CN1CCC(CCNCC(O)COCc2ccco2)CC1. The van der Waals surface area contributed by atoms with Crippen LogP contribution in [0.4, 0.5) is 0 Å². The maximum absolute atomic E-state index is 9.82. The van der Waals surface area contributed by atoms with Crippen molar-refractivity contribution in [3.8, 4) is 0 Å². The van der Waals surface area contributed by atoms with Gasteiger partial charge >= 0.3 is 0 Å². The van der Waals surface area contributed by atoms with Gasteiger partial charge in [-0.25, -0.2) is 0 Å². The molecule has 1 saturated heterocycles. The Morgan fingerprint density at radius 2 is 2.29 bits per heavy atom. The minimum absolute atomic E-state index is 0.335. The third-order valence-electron chi connectivity index (χ3n) is 4.08. The lowest BCUT2D eigenvalue weighted by Gasteiger charge is -2.29. The molecule has 0 aromatic carbocycles. The highest BCUT2D eigenvalue weighted by Gasteiger charge is 2.16. The van der Waals surface area contributed by atoms with E-state index in [-0.39, 0.29) is 0 Å². The summed E-state index contributed by atoms with van der Waals surface area (Å²) in [5.74, 6) is 1.62. The van der Waals surface area contributed by atoms with E-state index in [4.69, 9.17) is 9.15 Å². The average Bonchev–Trinajstić information content (AvgIpc) is 2.99. The maximum atomic E-state index is 9.82. The third-order valence-corrected chi connectivity index (χ3v) is 4.08. The number of rotatable bonds is 9. The van der Waals surface area contributed by atoms with Gasteiger partial charge in [0.2, 0.25) is 0 Å². The number of hydrogen-bond acceptors (Lipinski definition) is 5. The molecule has 0 radical (unpaired) electrons. The van der Waals surface area contributed by atoms with Crippen LogP contribution in [0.3, 0.4) is 0 Å². The monoisotopic (exact) mass is 296 g/mol. The molecule has 1 fully saturated rings. The first kappa shape index (κ1) is 16.5. The molecule has 1 aliphatic rings. The van der Waals surface area contributed by atoms with E-state index in [2.05, 4.69) is 17.3 Å². The number of aliphatic hydroxyl groups excluding tert-OH is 1. The number of furan rings is 1. The second kappa shape index (κ2) is 9.20. The van der Waals surface area contributed by atoms with Gasteiger partial charge in [0.25, 0.3) is 0 Å². The molecule has 5 heteroatoms. The van der Waals surface area contributed by atoms with Crippen LogP contribution in [-0.2, 0) is 11.3 Å². The predicted molar refractivity (Wildman–Crippen MR) is 82.1 cm³/mol. The molecule has 1 aromatic rings. The average molecular weight is 296 g/mol. The number of hydrogen-bond donors (Lipinski definition) is 2. The van der Waals surface area contributed by atoms with Crippen LogP contribution in [0.2, 0.25) is 0 Å². The van der Waals surface area contributed by atoms with Crippen molar-refractivity contribution >= 4 is 0 Å². The fourth-order valence-corrected chi connectivity index (χ4v) is 2.67. The fraction of sp³-hybridized carbons (Fsp3) is 0.750. The molecule has 2 heterocycles. The highest BCUT2D eigenvalue weighted by atomic mass is 16.5. The molecular weight excluding hydrogens is 268 g/mol. The van der Waals surface area contributed by atoms with Crippen LogP contribution in [-0.4, -0.2) is 55.9 Å². The summed E-state index contributed by atoms with van der Waals surface area (Å²) in [6.07, 6.45) is 4.96. The van der Waals surface area contributed by atoms with Gasteiger partial charge in [0.05, 0.1) is 19.0 Å². The van der Waals surface area contributed by atoms with Crippen molar-refractivity contribution in [3.05, 3.63) is 24.2 Å². The van der Waals surface area contributed by atoms with Gasteiger partial charge < -0.3 is 24.5 Å². The summed E-state index contributed by atoms with van der Waals surface area (Å²) in [5.41, 5.74) is 0. The molecule has 5 nitrogen and oxygen atoms in total. The Bertz CT molecular complexity index is 362. The van der Waals surface area contributed by atoms with E-state index in [1.165, 1.54) is 32.4 Å². The van der Waals surface area contributed by atoms with Crippen LogP contribution in [0, 0.1) is 5.92 Å². The van der Waals surface area contributed by atoms with Gasteiger partial charge in [-0.1, -0.05) is 0 Å². The van der Waals surface area contributed by atoms with E-state index in [1.807, 2.05) is 12.1 Å². The molecule has 1 unspecified atom stereocenters. The second-order valence-electron chi connectivity index (χ2n) is 5.99. The van der Waals surface area contributed by atoms with E-state index < -0.39 is 6.10 Å². The molecule has 0 bridgehead atoms. The number of piperidine rings is 1. The van der Waals surface area contributed by atoms with Gasteiger partial charge in [-0.15, -0.1) is 0 Å². The zero-order chi connectivity index (χ0) is 14.9. The smallest absolute Gasteiger partial charge is 0.129 e. The van der Waals surface area contributed by atoms with Gasteiger partial charge in [-0.3, -0.25) is 0 Å². The van der Waals surface area contributed by atoms with Crippen molar-refractivity contribution in [1.82, 2.24) is 10.2 Å². The highest BCUT2D eigenvalue weighted by Crippen LogP contribution is 2.18. The molecule has 1 aromatic heterocycles. The Kier molecular flexibility index (Phi) is 7.23. The molecule has 21 heavy (non-hydrogen) atoms. The molecule has 0 aliphatic carbocycles. The van der Waals surface area contributed by atoms with Crippen molar-refractivity contribution in [2.24, 2.45) is 5.92 Å². The largest absolute Gasteiger partial charge is 0.467 e. The van der Waals surface area contributed by atoms with Gasteiger partial charge in [0.15, 0.2) is 0 Å². The zero-order valence-electron chi connectivity index (χ0n) is 13.0. The van der Waals surface area contributed by atoms with Crippen molar-refractivity contribution < 1.29 is 14.3 Å². The van der Waals surface area contributed by atoms with E-state index in [9.17, 15) is 5.11 Å². The fourth-order valence-electron chi connectivity index (χ4n) is 2.67. The molecule has 2 N–H and O–H groups in total. The number of aliphatic hydroxyl groups is 1. The number of ether oxygens (including phenoxy) is 1. The lowest BCUT2D eigenvalue weighted by molar-refractivity contribution is 0.0225. The van der Waals surface area contributed by atoms with Crippen molar-refractivity contribution in [2.75, 3.05) is 39.8 Å². The molecule has 0 saturated carbocycles. The van der Waals surface area contributed by atoms with Crippen molar-refractivity contribution in [2.45, 2.75) is 32.0 Å². The van der Waals surface area contributed by atoms with Gasteiger partial charge in [-0.2, -0.15) is 0 Å². The van der Waals surface area contributed by atoms with Crippen molar-refractivity contribution in [1.29, 1.82) is 0 Å². The van der Waals surface area contributed by atoms with Gasteiger partial charge in [0.1, 0.15) is 12.4 Å². The summed E-state index contributed by atoms with van der Waals surface area (Å²) in [4.78, 5) is 2.39. The molecule has 120 valence electrons. The summed E-state index contributed by atoms with van der Waals surface area (Å²) in [7, 11) is 2.19. The Morgan fingerprint density at radius 3 is 3.00 bits per heavy atom. The standard InChI is InChI=1S/C16H28N2O3/c1-18-8-5-14(6-9-18)4-7-17-11-15(19)12-20-13-16-3-2-10-21-16/h2-3,10,14-15,17,19H,4-9,11-13H2,1H3. The first-order valence-electron chi connectivity index (χ1n) is 7.91.